The summed E-state index contributed by atoms with van der Waals surface area (Å²) in [4.78, 5) is 24.1. The molecule has 0 heterocycles. The van der Waals surface area contributed by atoms with E-state index in [9.17, 15) is 9.59 Å². The molecule has 0 atom stereocenters. The Kier molecular flexibility index (Phi) is 6.25. The van der Waals surface area contributed by atoms with Crippen LogP contribution < -0.4 is 20.1 Å². The van der Waals surface area contributed by atoms with Crippen LogP contribution in [0.2, 0.25) is 5.02 Å². The van der Waals surface area contributed by atoms with Crippen LogP contribution in [0, 0.1) is 6.92 Å². The Labute approximate surface area is 151 Å². The third-order valence-corrected chi connectivity index (χ3v) is 3.92. The molecule has 2 aromatic rings. The van der Waals surface area contributed by atoms with Gasteiger partial charge in [0.15, 0.2) is 11.5 Å². The Morgan fingerprint density at radius 2 is 1.76 bits per heavy atom. The number of anilines is 1. The zero-order valence-corrected chi connectivity index (χ0v) is 14.9. The first-order valence-corrected chi connectivity index (χ1v) is 7.88. The van der Waals surface area contributed by atoms with E-state index >= 15 is 0 Å². The van der Waals surface area contributed by atoms with E-state index in [-0.39, 0.29) is 12.5 Å². The Morgan fingerprint density at radius 1 is 1.04 bits per heavy atom. The van der Waals surface area contributed by atoms with Gasteiger partial charge < -0.3 is 20.1 Å². The molecule has 0 saturated carbocycles. The molecule has 132 valence electrons. The number of halogens is 1. The minimum absolute atomic E-state index is 0.168. The lowest BCUT2D eigenvalue weighted by atomic mass is 10.2. The summed E-state index contributed by atoms with van der Waals surface area (Å²) in [7, 11) is 3.00. The van der Waals surface area contributed by atoms with Gasteiger partial charge in [-0.05, 0) is 42.8 Å². The van der Waals surface area contributed by atoms with Gasteiger partial charge in [0, 0.05) is 16.3 Å². The molecule has 6 nitrogen and oxygen atoms in total. The normalized spacial score (nSPS) is 10.1. The fraction of sp³-hybridized carbons (Fsp3) is 0.222. The second-order valence-electron chi connectivity index (χ2n) is 5.26. The SMILES string of the molecule is COc1ccc(C(=O)NCC(=O)Nc2ccc(C)c(Cl)c2)cc1OC. The van der Waals surface area contributed by atoms with E-state index in [4.69, 9.17) is 21.1 Å². The number of rotatable bonds is 6. The maximum atomic E-state index is 12.2. The van der Waals surface area contributed by atoms with Crippen LogP contribution >= 0.6 is 11.6 Å². The van der Waals surface area contributed by atoms with Crippen molar-refractivity contribution in [2.24, 2.45) is 0 Å². The first-order chi connectivity index (χ1) is 11.9. The van der Waals surface area contributed by atoms with Crippen molar-refractivity contribution in [1.82, 2.24) is 5.32 Å². The smallest absolute Gasteiger partial charge is 0.251 e. The molecule has 2 N–H and O–H groups in total. The van der Waals surface area contributed by atoms with Crippen molar-refractivity contribution in [2.75, 3.05) is 26.1 Å². The molecule has 0 aliphatic carbocycles. The molecule has 0 spiro atoms. The van der Waals surface area contributed by atoms with Crippen LogP contribution in [0.5, 0.6) is 11.5 Å². The average molecular weight is 363 g/mol. The van der Waals surface area contributed by atoms with E-state index in [1.54, 1.807) is 36.4 Å². The van der Waals surface area contributed by atoms with Crippen LogP contribution in [0.15, 0.2) is 36.4 Å². The number of amides is 2. The predicted molar refractivity (Wildman–Crippen MR) is 96.7 cm³/mol. The van der Waals surface area contributed by atoms with Crippen LogP contribution in [-0.4, -0.2) is 32.6 Å². The highest BCUT2D eigenvalue weighted by molar-refractivity contribution is 6.31. The van der Waals surface area contributed by atoms with Crippen LogP contribution in [-0.2, 0) is 4.79 Å². The molecule has 0 bridgehead atoms. The molecule has 0 aliphatic rings. The van der Waals surface area contributed by atoms with Gasteiger partial charge in [-0.15, -0.1) is 0 Å². The topological polar surface area (TPSA) is 76.7 Å². The first kappa shape index (κ1) is 18.6. The maximum Gasteiger partial charge on any atom is 0.251 e. The number of nitrogens with one attached hydrogen (secondary N) is 2. The number of carbonyl (C=O) groups excluding carboxylic acids is 2. The van der Waals surface area contributed by atoms with Crippen LogP contribution in [0.1, 0.15) is 15.9 Å². The number of aryl methyl sites for hydroxylation is 1. The summed E-state index contributed by atoms with van der Waals surface area (Å²) in [5.74, 6) is 0.216. The van der Waals surface area contributed by atoms with Crippen molar-refractivity contribution >= 4 is 29.1 Å². The Hall–Kier alpha value is -2.73. The number of carbonyl (C=O) groups is 2. The summed E-state index contributed by atoms with van der Waals surface area (Å²) in [5.41, 5.74) is 1.85. The van der Waals surface area contributed by atoms with Crippen LogP contribution in [0.3, 0.4) is 0 Å². The minimum atomic E-state index is -0.391. The van der Waals surface area contributed by atoms with Gasteiger partial charge in [-0.3, -0.25) is 9.59 Å². The highest BCUT2D eigenvalue weighted by Gasteiger charge is 2.12. The van der Waals surface area contributed by atoms with Crippen molar-refractivity contribution in [3.8, 4) is 11.5 Å². The van der Waals surface area contributed by atoms with E-state index in [1.165, 1.54) is 14.2 Å². The van der Waals surface area contributed by atoms with E-state index in [2.05, 4.69) is 10.6 Å². The summed E-state index contributed by atoms with van der Waals surface area (Å²) in [6, 6.07) is 9.97. The van der Waals surface area contributed by atoms with Crippen molar-refractivity contribution < 1.29 is 19.1 Å². The van der Waals surface area contributed by atoms with Crippen LogP contribution in [0.25, 0.3) is 0 Å². The predicted octanol–water partition coefficient (Wildman–Crippen LogP) is 3.03. The lowest BCUT2D eigenvalue weighted by Crippen LogP contribution is -2.32. The van der Waals surface area contributed by atoms with Gasteiger partial charge in [-0.25, -0.2) is 0 Å². The standard InChI is InChI=1S/C18H19ClN2O4/c1-11-4-6-13(9-14(11)19)21-17(22)10-20-18(23)12-5-7-15(24-2)16(8-12)25-3/h4-9H,10H2,1-3H3,(H,20,23)(H,21,22). The molecule has 7 heteroatoms. The highest BCUT2D eigenvalue weighted by Crippen LogP contribution is 2.27. The largest absolute Gasteiger partial charge is 0.493 e. The number of hydrogen-bond acceptors (Lipinski definition) is 4. The van der Waals surface area contributed by atoms with Crippen molar-refractivity contribution in [3.05, 3.63) is 52.5 Å². The molecule has 0 fully saturated rings. The molecule has 0 saturated heterocycles. The zero-order valence-electron chi connectivity index (χ0n) is 14.2. The lowest BCUT2D eigenvalue weighted by molar-refractivity contribution is -0.115. The van der Waals surface area contributed by atoms with Crippen molar-refractivity contribution in [2.45, 2.75) is 6.92 Å². The van der Waals surface area contributed by atoms with E-state index in [0.717, 1.165) is 5.56 Å². The second kappa shape index (κ2) is 8.39. The number of methoxy groups -OCH3 is 2. The Morgan fingerprint density at radius 3 is 2.40 bits per heavy atom. The molecule has 0 unspecified atom stereocenters. The van der Waals surface area contributed by atoms with Crippen molar-refractivity contribution in [1.29, 1.82) is 0 Å². The minimum Gasteiger partial charge on any atom is -0.493 e. The molecule has 2 aromatic carbocycles. The van der Waals surface area contributed by atoms with Gasteiger partial charge in [-0.2, -0.15) is 0 Å². The molecule has 0 radical (unpaired) electrons. The molecule has 25 heavy (non-hydrogen) atoms. The summed E-state index contributed by atoms with van der Waals surface area (Å²) >= 11 is 6.01. The average Bonchev–Trinajstić information content (AvgIpc) is 2.62. The highest BCUT2D eigenvalue weighted by atomic mass is 35.5. The third-order valence-electron chi connectivity index (χ3n) is 3.51. The monoisotopic (exact) mass is 362 g/mol. The summed E-state index contributed by atoms with van der Waals surface area (Å²) in [6.45, 7) is 1.70. The summed E-state index contributed by atoms with van der Waals surface area (Å²) < 4.78 is 10.3. The van der Waals surface area contributed by atoms with Gasteiger partial charge in [0.05, 0.1) is 20.8 Å². The lowest BCUT2D eigenvalue weighted by Gasteiger charge is -2.10. The fourth-order valence-electron chi connectivity index (χ4n) is 2.12. The summed E-state index contributed by atoms with van der Waals surface area (Å²) in [5, 5.41) is 5.79. The zero-order chi connectivity index (χ0) is 18.4. The molecular weight excluding hydrogens is 344 g/mol. The summed E-state index contributed by atoms with van der Waals surface area (Å²) in [6.07, 6.45) is 0. The molecule has 2 rings (SSSR count). The third kappa shape index (κ3) is 4.87. The Balaban J connectivity index is 1.94. The van der Waals surface area contributed by atoms with Gasteiger partial charge in [0.1, 0.15) is 0 Å². The van der Waals surface area contributed by atoms with E-state index in [1.807, 2.05) is 6.92 Å². The van der Waals surface area contributed by atoms with Gasteiger partial charge in [0.25, 0.3) is 5.91 Å². The fourth-order valence-corrected chi connectivity index (χ4v) is 2.30. The number of hydrogen-bond donors (Lipinski definition) is 2. The van der Waals surface area contributed by atoms with Crippen molar-refractivity contribution in [3.63, 3.8) is 0 Å². The molecular formula is C18H19ClN2O4. The Bertz CT molecular complexity index is 793. The van der Waals surface area contributed by atoms with Gasteiger partial charge >= 0.3 is 0 Å². The molecule has 0 aliphatic heterocycles. The van der Waals surface area contributed by atoms with E-state index < -0.39 is 5.91 Å². The number of ether oxygens (including phenoxy) is 2. The molecule has 0 aromatic heterocycles. The van der Waals surface area contributed by atoms with Gasteiger partial charge in [-0.1, -0.05) is 17.7 Å². The maximum absolute atomic E-state index is 12.2. The van der Waals surface area contributed by atoms with E-state index in [0.29, 0.717) is 27.8 Å². The quantitative estimate of drug-likeness (QED) is 0.828. The number of benzene rings is 2. The first-order valence-electron chi connectivity index (χ1n) is 7.51. The van der Waals surface area contributed by atoms with Gasteiger partial charge in [0.2, 0.25) is 5.91 Å². The van der Waals surface area contributed by atoms with Crippen LogP contribution in [0.4, 0.5) is 5.69 Å². The molecule has 2 amide bonds. The second-order valence-corrected chi connectivity index (χ2v) is 5.67.